The molecule has 0 atom stereocenters. The van der Waals surface area contributed by atoms with Crippen LogP contribution in [0.5, 0.6) is 11.6 Å². The van der Waals surface area contributed by atoms with Gasteiger partial charge >= 0.3 is 0 Å². The van der Waals surface area contributed by atoms with Crippen LogP contribution in [0.4, 0.5) is 27.9 Å². The van der Waals surface area contributed by atoms with Crippen molar-refractivity contribution in [2.75, 3.05) is 5.73 Å². The third-order valence-electron chi connectivity index (χ3n) is 3.56. The van der Waals surface area contributed by atoms with Crippen molar-refractivity contribution in [2.45, 2.75) is 0 Å². The Labute approximate surface area is 153 Å². The summed E-state index contributed by atoms with van der Waals surface area (Å²) in [5.74, 6) is -15.6. The summed E-state index contributed by atoms with van der Waals surface area (Å²) in [6.07, 6.45) is 0. The molecule has 1 aromatic heterocycles. The molecule has 0 aliphatic rings. The quantitative estimate of drug-likeness (QED) is 0.400. The number of benzene rings is 2. The fraction of sp³-hybridized carbons (Fsp3) is 0. The normalized spacial score (nSPS) is 10.8. The Balaban J connectivity index is 2.25. The van der Waals surface area contributed by atoms with Gasteiger partial charge in [0.2, 0.25) is 46.7 Å². The van der Waals surface area contributed by atoms with Crippen LogP contribution in [0.3, 0.4) is 0 Å². The average Bonchev–Trinajstić information content (AvgIpc) is 2.68. The first-order valence-corrected chi connectivity index (χ1v) is 7.44. The summed E-state index contributed by atoms with van der Waals surface area (Å²) in [5.41, 5.74) is 10.4. The predicted molar refractivity (Wildman–Crippen MR) is 86.7 cm³/mol. The van der Waals surface area contributed by atoms with E-state index < -0.39 is 58.1 Å². The molecule has 6 nitrogen and oxygen atoms in total. The average molecular weight is 396 g/mol. The van der Waals surface area contributed by atoms with Gasteiger partial charge in [-0.25, -0.2) is 18.2 Å². The predicted octanol–water partition coefficient (Wildman–Crippen LogP) is 3.31. The number of nitrogens with zero attached hydrogens (tertiary/aromatic N) is 2. The minimum absolute atomic E-state index is 0.153. The molecule has 0 aliphatic carbocycles. The van der Waals surface area contributed by atoms with E-state index in [1.54, 1.807) is 18.2 Å². The standard InChI is InChI=1S/C17H9F5N4O2/c18-8-9(19)11(21)14(12(22)10(8)20)28-16-7(15(23)27)13(25-17(24)26-16)6-4-2-1-3-5-6/h1-5H,(H2,23,27)(H2,24,25,26). The van der Waals surface area contributed by atoms with E-state index >= 15 is 0 Å². The van der Waals surface area contributed by atoms with E-state index in [1.165, 1.54) is 12.1 Å². The van der Waals surface area contributed by atoms with Crippen LogP contribution in [-0.2, 0) is 0 Å². The van der Waals surface area contributed by atoms with E-state index in [2.05, 4.69) is 9.97 Å². The lowest BCUT2D eigenvalue weighted by Crippen LogP contribution is -2.17. The van der Waals surface area contributed by atoms with Gasteiger partial charge in [-0.15, -0.1) is 0 Å². The number of nitrogens with two attached hydrogens (primary N) is 2. The number of nitrogen functional groups attached to an aromatic ring is 1. The molecule has 0 aliphatic heterocycles. The molecule has 0 radical (unpaired) electrons. The van der Waals surface area contributed by atoms with Gasteiger partial charge in [0.1, 0.15) is 5.56 Å². The van der Waals surface area contributed by atoms with Crippen LogP contribution in [0.1, 0.15) is 10.4 Å². The van der Waals surface area contributed by atoms with Gasteiger partial charge in [0, 0.05) is 5.56 Å². The second-order valence-electron chi connectivity index (χ2n) is 5.34. The number of rotatable bonds is 4. The second kappa shape index (κ2) is 7.10. The number of carbonyl (C=O) groups is 1. The second-order valence-corrected chi connectivity index (χ2v) is 5.34. The molecule has 1 heterocycles. The Bertz CT molecular complexity index is 1060. The van der Waals surface area contributed by atoms with Crippen molar-refractivity contribution in [3.63, 3.8) is 0 Å². The molecule has 0 spiro atoms. The third kappa shape index (κ3) is 3.17. The van der Waals surface area contributed by atoms with Crippen molar-refractivity contribution < 1.29 is 31.5 Å². The van der Waals surface area contributed by atoms with Crippen LogP contribution in [0, 0.1) is 29.1 Å². The van der Waals surface area contributed by atoms with Crippen LogP contribution in [0.2, 0.25) is 0 Å². The van der Waals surface area contributed by atoms with Gasteiger partial charge in [0.15, 0.2) is 0 Å². The van der Waals surface area contributed by atoms with Gasteiger partial charge in [-0.05, 0) is 0 Å². The van der Waals surface area contributed by atoms with Crippen LogP contribution in [0.15, 0.2) is 30.3 Å². The summed E-state index contributed by atoms with van der Waals surface area (Å²) >= 11 is 0. The minimum atomic E-state index is -2.37. The van der Waals surface area contributed by atoms with Gasteiger partial charge < -0.3 is 16.2 Å². The molecule has 144 valence electrons. The SMILES string of the molecule is NC(=O)c1c(Oc2c(F)c(F)c(F)c(F)c2F)nc(N)nc1-c1ccccc1. The molecule has 0 saturated carbocycles. The number of anilines is 1. The van der Waals surface area contributed by atoms with E-state index in [4.69, 9.17) is 16.2 Å². The van der Waals surface area contributed by atoms with Crippen LogP contribution in [-0.4, -0.2) is 15.9 Å². The minimum Gasteiger partial charge on any atom is -0.432 e. The van der Waals surface area contributed by atoms with Crippen molar-refractivity contribution in [3.8, 4) is 22.9 Å². The Morgan fingerprint density at radius 1 is 0.857 bits per heavy atom. The van der Waals surface area contributed by atoms with E-state index in [1.807, 2.05) is 0 Å². The molecule has 0 unspecified atom stereocenters. The lowest BCUT2D eigenvalue weighted by atomic mass is 10.1. The molecular formula is C17H9F5N4O2. The lowest BCUT2D eigenvalue weighted by molar-refractivity contribution is 0.0997. The Kier molecular flexibility index (Phi) is 4.82. The van der Waals surface area contributed by atoms with Gasteiger partial charge in [-0.2, -0.15) is 13.8 Å². The number of aromatic nitrogens is 2. The van der Waals surface area contributed by atoms with E-state index in [-0.39, 0.29) is 5.69 Å². The van der Waals surface area contributed by atoms with Crippen LogP contribution < -0.4 is 16.2 Å². The zero-order chi connectivity index (χ0) is 20.6. The molecule has 3 aromatic rings. The Morgan fingerprint density at radius 2 is 1.39 bits per heavy atom. The maximum absolute atomic E-state index is 13.9. The topological polar surface area (TPSA) is 104 Å². The van der Waals surface area contributed by atoms with E-state index in [0.717, 1.165) is 0 Å². The highest BCUT2D eigenvalue weighted by Gasteiger charge is 2.30. The fourth-order valence-corrected chi connectivity index (χ4v) is 2.33. The summed E-state index contributed by atoms with van der Waals surface area (Å²) in [4.78, 5) is 19.3. The summed E-state index contributed by atoms with van der Waals surface area (Å²) < 4.78 is 72.6. The summed E-state index contributed by atoms with van der Waals surface area (Å²) in [7, 11) is 0. The zero-order valence-corrected chi connectivity index (χ0v) is 13.6. The largest absolute Gasteiger partial charge is 0.432 e. The number of hydrogen-bond donors (Lipinski definition) is 2. The number of amides is 1. The molecule has 28 heavy (non-hydrogen) atoms. The zero-order valence-electron chi connectivity index (χ0n) is 13.6. The van der Waals surface area contributed by atoms with Crippen molar-refractivity contribution >= 4 is 11.9 Å². The molecule has 0 bridgehead atoms. The first-order chi connectivity index (χ1) is 13.2. The van der Waals surface area contributed by atoms with Gasteiger partial charge in [0.05, 0.1) is 5.69 Å². The number of carbonyl (C=O) groups excluding carboxylic acids is 1. The Morgan fingerprint density at radius 3 is 1.93 bits per heavy atom. The maximum Gasteiger partial charge on any atom is 0.256 e. The smallest absolute Gasteiger partial charge is 0.256 e. The molecule has 0 saturated heterocycles. The van der Waals surface area contributed by atoms with Crippen molar-refractivity contribution in [2.24, 2.45) is 5.73 Å². The molecule has 0 fully saturated rings. The van der Waals surface area contributed by atoms with Crippen LogP contribution >= 0.6 is 0 Å². The van der Waals surface area contributed by atoms with Gasteiger partial charge in [0.25, 0.3) is 5.91 Å². The maximum atomic E-state index is 13.9. The molecule has 11 heteroatoms. The highest BCUT2D eigenvalue weighted by atomic mass is 19.2. The highest BCUT2D eigenvalue weighted by Crippen LogP contribution is 2.36. The third-order valence-corrected chi connectivity index (χ3v) is 3.56. The molecule has 3 rings (SSSR count). The number of hydrogen-bond acceptors (Lipinski definition) is 5. The summed E-state index contributed by atoms with van der Waals surface area (Å²) in [6, 6.07) is 7.85. The molecular weight excluding hydrogens is 387 g/mol. The highest BCUT2D eigenvalue weighted by molar-refractivity contribution is 6.01. The molecule has 4 N–H and O–H groups in total. The summed E-state index contributed by atoms with van der Waals surface area (Å²) in [5, 5.41) is 0. The lowest BCUT2D eigenvalue weighted by Gasteiger charge is -2.14. The van der Waals surface area contributed by atoms with Crippen molar-refractivity contribution in [1.29, 1.82) is 0 Å². The number of primary amides is 1. The van der Waals surface area contributed by atoms with E-state index in [9.17, 15) is 26.7 Å². The van der Waals surface area contributed by atoms with Crippen LogP contribution in [0.25, 0.3) is 11.3 Å². The molecule has 1 amide bonds. The van der Waals surface area contributed by atoms with Gasteiger partial charge in [-0.3, -0.25) is 4.79 Å². The first-order valence-electron chi connectivity index (χ1n) is 7.44. The number of halogens is 5. The van der Waals surface area contributed by atoms with Gasteiger partial charge in [-0.1, -0.05) is 30.3 Å². The Hall–Kier alpha value is -3.76. The monoisotopic (exact) mass is 396 g/mol. The molecule has 2 aromatic carbocycles. The van der Waals surface area contributed by atoms with Crippen molar-refractivity contribution in [3.05, 3.63) is 65.0 Å². The number of ether oxygens (including phenoxy) is 1. The first kappa shape index (κ1) is 19.0. The van der Waals surface area contributed by atoms with E-state index in [0.29, 0.717) is 5.56 Å². The summed E-state index contributed by atoms with van der Waals surface area (Å²) in [6.45, 7) is 0. The van der Waals surface area contributed by atoms with Crippen molar-refractivity contribution in [1.82, 2.24) is 9.97 Å². The fourth-order valence-electron chi connectivity index (χ4n) is 2.33.